The number of carbonyl (C=O) groups is 1. The van der Waals surface area contributed by atoms with E-state index >= 15 is 0 Å². The Labute approximate surface area is 150 Å². The zero-order valence-corrected chi connectivity index (χ0v) is 18.4. The molecule has 0 saturated heterocycles. The van der Waals surface area contributed by atoms with Gasteiger partial charge in [-0.3, -0.25) is 4.79 Å². The predicted octanol–water partition coefficient (Wildman–Crippen LogP) is 6.48. The van der Waals surface area contributed by atoms with Gasteiger partial charge in [0.05, 0.1) is 5.76 Å². The fourth-order valence-corrected chi connectivity index (χ4v) is 6.41. The normalized spacial score (nSPS) is 33.5. The van der Waals surface area contributed by atoms with Crippen LogP contribution in [0.25, 0.3) is 0 Å². The summed E-state index contributed by atoms with van der Waals surface area (Å²) in [4.78, 5) is 12.9. The van der Waals surface area contributed by atoms with Crippen molar-refractivity contribution in [2.75, 3.05) is 0 Å². The largest absolute Gasteiger partial charge is 0.547 e. The average molecular weight is 351 g/mol. The summed E-state index contributed by atoms with van der Waals surface area (Å²) in [6.07, 6.45) is 7.79. The SMILES string of the molecule is CC(=O)[C@]12CCCC[C@@]1(C)CC(O[Si](C)(C)C(C)(C)C)=CC2(C)C. The number of hydrogen-bond acceptors (Lipinski definition) is 2. The van der Waals surface area contributed by atoms with Gasteiger partial charge in [0, 0.05) is 11.8 Å². The monoisotopic (exact) mass is 350 g/mol. The minimum absolute atomic E-state index is 0.0209. The van der Waals surface area contributed by atoms with E-state index in [-0.39, 0.29) is 21.3 Å². The Hall–Kier alpha value is -0.573. The molecule has 0 heterocycles. The lowest BCUT2D eigenvalue weighted by Crippen LogP contribution is -2.58. The van der Waals surface area contributed by atoms with Crippen LogP contribution in [0.1, 0.15) is 80.6 Å². The molecule has 0 amide bonds. The third-order valence-corrected chi connectivity index (χ3v) is 11.9. The maximum atomic E-state index is 12.9. The molecule has 0 aromatic rings. The van der Waals surface area contributed by atoms with E-state index in [1.165, 1.54) is 12.8 Å². The van der Waals surface area contributed by atoms with Crippen molar-refractivity contribution in [2.45, 2.75) is 98.7 Å². The molecule has 0 radical (unpaired) electrons. The van der Waals surface area contributed by atoms with Gasteiger partial charge >= 0.3 is 0 Å². The van der Waals surface area contributed by atoms with Gasteiger partial charge in [-0.05, 0) is 54.8 Å². The number of fused-ring (bicyclic) bond motifs is 1. The van der Waals surface area contributed by atoms with Crippen molar-refractivity contribution in [1.82, 2.24) is 0 Å². The van der Waals surface area contributed by atoms with Gasteiger partial charge in [0.25, 0.3) is 0 Å². The van der Waals surface area contributed by atoms with Gasteiger partial charge in [0.1, 0.15) is 5.78 Å². The first-order valence-electron chi connectivity index (χ1n) is 9.60. The van der Waals surface area contributed by atoms with Crippen molar-refractivity contribution in [2.24, 2.45) is 16.2 Å². The molecule has 2 aliphatic rings. The molecule has 0 aromatic heterocycles. The second-order valence-corrected chi connectivity index (χ2v) is 15.3. The highest BCUT2D eigenvalue weighted by Gasteiger charge is 2.62. The Morgan fingerprint density at radius 1 is 1.12 bits per heavy atom. The third kappa shape index (κ3) is 2.81. The molecule has 2 nitrogen and oxygen atoms in total. The van der Waals surface area contributed by atoms with Crippen LogP contribution in [0, 0.1) is 16.2 Å². The number of hydrogen-bond donors (Lipinski definition) is 0. The van der Waals surface area contributed by atoms with Crippen molar-refractivity contribution in [3.8, 4) is 0 Å². The van der Waals surface area contributed by atoms with Crippen molar-refractivity contribution < 1.29 is 9.22 Å². The topological polar surface area (TPSA) is 26.3 Å². The lowest BCUT2D eigenvalue weighted by Gasteiger charge is -2.61. The summed E-state index contributed by atoms with van der Waals surface area (Å²) in [6, 6.07) is 0. The lowest BCUT2D eigenvalue weighted by atomic mass is 9.42. The third-order valence-electron chi connectivity index (χ3n) is 7.54. The standard InChI is InChI=1S/C21H38O2Si/c1-16(22)21-13-11-10-12-20(21,7)15-17(14-19(21,5)6)23-24(8,9)18(2,3)4/h14H,10-13,15H2,1-9H3/t20-,21-/m0/s1. The van der Waals surface area contributed by atoms with Crippen LogP contribution in [0.3, 0.4) is 0 Å². The van der Waals surface area contributed by atoms with Crippen molar-refractivity contribution in [1.29, 1.82) is 0 Å². The molecule has 2 atom stereocenters. The molecular weight excluding hydrogens is 312 g/mol. The fourth-order valence-electron chi connectivity index (χ4n) is 5.32. The Morgan fingerprint density at radius 3 is 2.17 bits per heavy atom. The molecule has 0 aliphatic heterocycles. The molecule has 0 bridgehead atoms. The van der Waals surface area contributed by atoms with Crippen LogP contribution < -0.4 is 0 Å². The molecular formula is C21H38O2Si. The lowest BCUT2D eigenvalue weighted by molar-refractivity contribution is -0.154. The first kappa shape index (κ1) is 19.7. The zero-order chi connectivity index (χ0) is 18.6. The Morgan fingerprint density at radius 2 is 1.67 bits per heavy atom. The summed E-state index contributed by atoms with van der Waals surface area (Å²) in [5, 5.41) is 0.195. The summed E-state index contributed by atoms with van der Waals surface area (Å²) in [6.45, 7) is 20.2. The van der Waals surface area contributed by atoms with E-state index < -0.39 is 8.32 Å². The maximum Gasteiger partial charge on any atom is 0.250 e. The van der Waals surface area contributed by atoms with E-state index in [0.717, 1.165) is 25.0 Å². The van der Waals surface area contributed by atoms with E-state index in [1.54, 1.807) is 0 Å². The zero-order valence-electron chi connectivity index (χ0n) is 17.4. The van der Waals surface area contributed by atoms with Crippen LogP contribution in [0.4, 0.5) is 0 Å². The van der Waals surface area contributed by atoms with Gasteiger partial charge in [-0.1, -0.05) is 54.4 Å². The predicted molar refractivity (Wildman–Crippen MR) is 104 cm³/mol. The van der Waals surface area contributed by atoms with Crippen molar-refractivity contribution in [3.05, 3.63) is 11.8 Å². The highest BCUT2D eigenvalue weighted by atomic mass is 28.4. The molecule has 0 unspecified atom stereocenters. The summed E-state index contributed by atoms with van der Waals surface area (Å²) < 4.78 is 6.71. The fraction of sp³-hybridized carbons (Fsp3) is 0.857. The first-order chi connectivity index (χ1) is 10.7. The van der Waals surface area contributed by atoms with Gasteiger partial charge in [-0.15, -0.1) is 0 Å². The second-order valence-electron chi connectivity index (χ2n) is 10.6. The van der Waals surface area contributed by atoms with E-state index in [0.29, 0.717) is 5.78 Å². The van der Waals surface area contributed by atoms with E-state index in [4.69, 9.17) is 4.43 Å². The molecule has 1 fully saturated rings. The minimum Gasteiger partial charge on any atom is -0.547 e. The summed E-state index contributed by atoms with van der Waals surface area (Å²) in [5.74, 6) is 1.52. The average Bonchev–Trinajstić information content (AvgIpc) is 2.34. The van der Waals surface area contributed by atoms with Crippen molar-refractivity contribution in [3.63, 3.8) is 0 Å². The Kier molecular flexibility index (Phi) is 4.71. The molecule has 0 spiro atoms. The second kappa shape index (κ2) is 5.72. The molecule has 3 heteroatoms. The summed E-state index contributed by atoms with van der Waals surface area (Å²) in [7, 11) is -1.85. The van der Waals surface area contributed by atoms with Gasteiger partial charge in [-0.2, -0.15) is 0 Å². The summed E-state index contributed by atoms with van der Waals surface area (Å²) >= 11 is 0. The Balaban J connectivity index is 2.48. The molecule has 24 heavy (non-hydrogen) atoms. The van der Waals surface area contributed by atoms with Crippen LogP contribution in [0.5, 0.6) is 0 Å². The van der Waals surface area contributed by atoms with Gasteiger partial charge in [-0.25, -0.2) is 0 Å². The van der Waals surface area contributed by atoms with Crippen molar-refractivity contribution >= 4 is 14.1 Å². The molecule has 0 N–H and O–H groups in total. The minimum atomic E-state index is -1.85. The van der Waals surface area contributed by atoms with Crippen LogP contribution >= 0.6 is 0 Å². The Bertz CT molecular complexity index is 553. The van der Waals surface area contributed by atoms with E-state index in [1.807, 2.05) is 6.92 Å². The number of allylic oxidation sites excluding steroid dienone is 2. The number of Topliss-reactive ketones (excluding diaryl/α,β-unsaturated/α-hetero) is 1. The van der Waals surface area contributed by atoms with Crippen LogP contribution in [0.15, 0.2) is 11.8 Å². The summed E-state index contributed by atoms with van der Waals surface area (Å²) in [5.41, 5.74) is -0.366. The number of carbonyl (C=O) groups excluding carboxylic acids is 1. The first-order valence-corrected chi connectivity index (χ1v) is 12.5. The highest BCUT2D eigenvalue weighted by molar-refractivity contribution is 6.74. The number of ketones is 1. The van der Waals surface area contributed by atoms with Gasteiger partial charge < -0.3 is 4.43 Å². The highest BCUT2D eigenvalue weighted by Crippen LogP contribution is 2.66. The van der Waals surface area contributed by atoms with Crippen LogP contribution in [-0.2, 0) is 9.22 Å². The molecule has 1 saturated carbocycles. The molecule has 0 aromatic carbocycles. The van der Waals surface area contributed by atoms with Crippen LogP contribution in [-0.4, -0.2) is 14.1 Å². The molecule has 2 aliphatic carbocycles. The smallest absolute Gasteiger partial charge is 0.250 e. The molecule has 2 rings (SSSR count). The van der Waals surface area contributed by atoms with Gasteiger partial charge in [0.2, 0.25) is 8.32 Å². The van der Waals surface area contributed by atoms with E-state index in [9.17, 15) is 4.79 Å². The van der Waals surface area contributed by atoms with Gasteiger partial charge in [0.15, 0.2) is 0 Å². The van der Waals surface area contributed by atoms with E-state index in [2.05, 4.69) is 60.7 Å². The maximum absolute atomic E-state index is 12.9. The number of rotatable bonds is 3. The quantitative estimate of drug-likeness (QED) is 0.545. The van der Waals surface area contributed by atoms with Crippen LogP contribution in [0.2, 0.25) is 18.1 Å². The molecule has 138 valence electrons.